The van der Waals surface area contributed by atoms with E-state index in [4.69, 9.17) is 0 Å². The van der Waals surface area contributed by atoms with Crippen LogP contribution in [0.5, 0.6) is 5.75 Å². The van der Waals surface area contributed by atoms with Crippen LogP contribution in [-0.4, -0.2) is 24.9 Å². The Balaban J connectivity index is 1.75. The van der Waals surface area contributed by atoms with Crippen LogP contribution in [0.25, 0.3) is 0 Å². The van der Waals surface area contributed by atoms with Crippen LogP contribution in [0.2, 0.25) is 0 Å². The van der Waals surface area contributed by atoms with Gasteiger partial charge in [-0.05, 0) is 63.3 Å². The van der Waals surface area contributed by atoms with E-state index in [0.29, 0.717) is 12.2 Å². The molecule has 7 heteroatoms. The first-order valence-corrected chi connectivity index (χ1v) is 8.41. The van der Waals surface area contributed by atoms with Crippen LogP contribution in [0.3, 0.4) is 0 Å². The van der Waals surface area contributed by atoms with E-state index in [-0.39, 0.29) is 11.7 Å². The third-order valence-corrected chi connectivity index (χ3v) is 3.99. The van der Waals surface area contributed by atoms with Gasteiger partial charge in [0.25, 0.3) is 0 Å². The van der Waals surface area contributed by atoms with Gasteiger partial charge in [0.1, 0.15) is 11.8 Å². The first kappa shape index (κ1) is 19.1. The summed E-state index contributed by atoms with van der Waals surface area (Å²) in [4.78, 5) is 12.1. The minimum absolute atomic E-state index is 0.146. The average molecular weight is 356 g/mol. The molecule has 0 saturated heterocycles. The Bertz CT molecular complexity index is 597. The van der Waals surface area contributed by atoms with Crippen molar-refractivity contribution < 1.29 is 22.7 Å². The molecule has 0 saturated carbocycles. The molecule has 1 amide bonds. The first-order valence-electron chi connectivity index (χ1n) is 8.41. The molecule has 2 rings (SSSR count). The minimum Gasteiger partial charge on any atom is -0.406 e. The van der Waals surface area contributed by atoms with E-state index >= 15 is 0 Å². The Kier molecular flexibility index (Phi) is 6.73. The van der Waals surface area contributed by atoms with Crippen molar-refractivity contribution >= 4 is 11.6 Å². The number of hydrogen-bond donors (Lipinski definition) is 2. The molecule has 25 heavy (non-hydrogen) atoms. The number of benzene rings is 1. The van der Waals surface area contributed by atoms with Gasteiger partial charge in [-0.1, -0.05) is 11.6 Å². The molecule has 4 nitrogen and oxygen atoms in total. The lowest BCUT2D eigenvalue weighted by atomic mass is 9.97. The van der Waals surface area contributed by atoms with E-state index in [1.807, 2.05) is 0 Å². The van der Waals surface area contributed by atoms with Gasteiger partial charge in [-0.3, -0.25) is 4.79 Å². The maximum absolute atomic E-state index is 12.1. The molecule has 0 radical (unpaired) electrons. The fourth-order valence-corrected chi connectivity index (χ4v) is 2.70. The normalized spacial score (nSPS) is 15.9. The van der Waals surface area contributed by atoms with Crippen molar-refractivity contribution in [1.82, 2.24) is 5.32 Å². The van der Waals surface area contributed by atoms with Gasteiger partial charge in [0.2, 0.25) is 5.91 Å². The monoisotopic (exact) mass is 356 g/mol. The van der Waals surface area contributed by atoms with Gasteiger partial charge < -0.3 is 15.4 Å². The van der Waals surface area contributed by atoms with Crippen LogP contribution in [0.1, 0.15) is 39.0 Å². The molecule has 0 spiro atoms. The zero-order chi connectivity index (χ0) is 18.3. The van der Waals surface area contributed by atoms with Crippen molar-refractivity contribution in [1.29, 1.82) is 0 Å². The highest BCUT2D eigenvalue weighted by Gasteiger charge is 2.31. The van der Waals surface area contributed by atoms with Gasteiger partial charge >= 0.3 is 6.36 Å². The quantitative estimate of drug-likeness (QED) is 0.713. The van der Waals surface area contributed by atoms with Crippen molar-refractivity contribution in [2.24, 2.45) is 0 Å². The Labute approximate surface area is 145 Å². The third kappa shape index (κ3) is 7.07. The van der Waals surface area contributed by atoms with E-state index < -0.39 is 12.4 Å². The Hall–Kier alpha value is -2.18. The largest absolute Gasteiger partial charge is 0.573 e. The van der Waals surface area contributed by atoms with Gasteiger partial charge in [-0.2, -0.15) is 0 Å². The lowest BCUT2D eigenvalue weighted by Crippen LogP contribution is -2.38. The summed E-state index contributed by atoms with van der Waals surface area (Å²) in [6.45, 7) is 2.30. The molecule has 0 heterocycles. The molecule has 1 aliphatic rings. The predicted molar refractivity (Wildman–Crippen MR) is 90.4 cm³/mol. The molecule has 138 valence electrons. The standard InChI is InChI=1S/C18H23F3N2O2/c1-13(17(24)22-12-11-14-5-3-2-4-6-14)23-15-7-9-16(10-8-15)25-18(19,20)21/h5,7-10,13,23H,2-4,6,11-12H2,1H3,(H,22,24)/t13-/m0/s1. The average Bonchev–Trinajstić information content (AvgIpc) is 2.56. The molecular weight excluding hydrogens is 333 g/mol. The summed E-state index contributed by atoms with van der Waals surface area (Å²) in [7, 11) is 0. The van der Waals surface area contributed by atoms with Gasteiger partial charge in [0, 0.05) is 12.2 Å². The number of carbonyl (C=O) groups is 1. The zero-order valence-corrected chi connectivity index (χ0v) is 14.2. The zero-order valence-electron chi connectivity index (χ0n) is 14.2. The summed E-state index contributed by atoms with van der Waals surface area (Å²) >= 11 is 0. The molecule has 1 atom stereocenters. The third-order valence-electron chi connectivity index (χ3n) is 3.99. The summed E-state index contributed by atoms with van der Waals surface area (Å²) in [6.07, 6.45) is 3.08. The highest BCUT2D eigenvalue weighted by Crippen LogP contribution is 2.24. The highest BCUT2D eigenvalue weighted by molar-refractivity contribution is 5.84. The summed E-state index contributed by atoms with van der Waals surface area (Å²) in [6, 6.07) is 4.80. The summed E-state index contributed by atoms with van der Waals surface area (Å²) in [5.41, 5.74) is 1.94. The molecular formula is C18H23F3N2O2. The number of halogens is 3. The second kappa shape index (κ2) is 8.78. The van der Waals surface area contributed by atoms with E-state index in [1.165, 1.54) is 42.7 Å². The molecule has 0 fully saturated rings. The maximum atomic E-state index is 12.1. The molecule has 1 aromatic rings. The lowest BCUT2D eigenvalue weighted by Gasteiger charge is -2.17. The molecule has 0 aromatic heterocycles. The number of anilines is 1. The Morgan fingerprint density at radius 1 is 1.24 bits per heavy atom. The van der Waals surface area contributed by atoms with Crippen molar-refractivity contribution in [3.8, 4) is 5.75 Å². The van der Waals surface area contributed by atoms with Gasteiger partial charge in [-0.15, -0.1) is 13.2 Å². The fraction of sp³-hybridized carbons (Fsp3) is 0.500. The number of hydrogen-bond acceptors (Lipinski definition) is 3. The van der Waals surface area contributed by atoms with E-state index in [0.717, 1.165) is 19.3 Å². The van der Waals surface area contributed by atoms with Crippen molar-refractivity contribution in [2.45, 2.75) is 51.4 Å². The van der Waals surface area contributed by atoms with Gasteiger partial charge in [0.15, 0.2) is 0 Å². The van der Waals surface area contributed by atoms with Crippen LogP contribution in [0, 0.1) is 0 Å². The van der Waals surface area contributed by atoms with Crippen molar-refractivity contribution in [3.63, 3.8) is 0 Å². The summed E-state index contributed by atoms with van der Waals surface area (Å²) in [5.74, 6) is -0.442. The van der Waals surface area contributed by atoms with Crippen LogP contribution in [0.15, 0.2) is 35.9 Å². The number of ether oxygens (including phenoxy) is 1. The molecule has 0 unspecified atom stereocenters. The topological polar surface area (TPSA) is 50.4 Å². The van der Waals surface area contributed by atoms with Crippen LogP contribution < -0.4 is 15.4 Å². The number of amides is 1. The first-order chi connectivity index (χ1) is 11.8. The van der Waals surface area contributed by atoms with Crippen molar-refractivity contribution in [2.75, 3.05) is 11.9 Å². The second-order valence-electron chi connectivity index (χ2n) is 6.09. The highest BCUT2D eigenvalue weighted by atomic mass is 19.4. The molecule has 2 N–H and O–H groups in total. The van der Waals surface area contributed by atoms with E-state index in [9.17, 15) is 18.0 Å². The molecule has 1 aliphatic carbocycles. The second-order valence-corrected chi connectivity index (χ2v) is 6.09. The van der Waals surface area contributed by atoms with Crippen LogP contribution in [0.4, 0.5) is 18.9 Å². The maximum Gasteiger partial charge on any atom is 0.573 e. The fourth-order valence-electron chi connectivity index (χ4n) is 2.70. The molecule has 1 aromatic carbocycles. The SMILES string of the molecule is C[C@H](Nc1ccc(OC(F)(F)F)cc1)C(=O)NCCC1=CCCCC1. The van der Waals surface area contributed by atoms with E-state index in [1.54, 1.807) is 6.92 Å². The predicted octanol–water partition coefficient (Wildman–Crippen LogP) is 4.39. The van der Waals surface area contributed by atoms with Crippen LogP contribution >= 0.6 is 0 Å². The number of nitrogens with one attached hydrogen (secondary N) is 2. The number of allylic oxidation sites excluding steroid dienone is 1. The summed E-state index contributed by atoms with van der Waals surface area (Å²) in [5, 5.41) is 5.83. The smallest absolute Gasteiger partial charge is 0.406 e. The number of alkyl halides is 3. The van der Waals surface area contributed by atoms with Crippen molar-refractivity contribution in [3.05, 3.63) is 35.9 Å². The Morgan fingerprint density at radius 2 is 1.96 bits per heavy atom. The summed E-state index contributed by atoms with van der Waals surface area (Å²) < 4.78 is 40.2. The number of carbonyl (C=O) groups excluding carboxylic acids is 1. The van der Waals surface area contributed by atoms with E-state index in [2.05, 4.69) is 21.4 Å². The Morgan fingerprint density at radius 3 is 2.56 bits per heavy atom. The lowest BCUT2D eigenvalue weighted by molar-refractivity contribution is -0.274. The molecule has 0 aliphatic heterocycles. The number of rotatable bonds is 7. The molecule has 0 bridgehead atoms. The van der Waals surface area contributed by atoms with Gasteiger partial charge in [-0.25, -0.2) is 0 Å². The van der Waals surface area contributed by atoms with Crippen LogP contribution in [-0.2, 0) is 4.79 Å². The minimum atomic E-state index is -4.71. The van der Waals surface area contributed by atoms with Gasteiger partial charge in [0.05, 0.1) is 0 Å².